The predicted molar refractivity (Wildman–Crippen MR) is 89.1 cm³/mol. The zero-order valence-corrected chi connectivity index (χ0v) is 14.0. The minimum Gasteiger partial charge on any atom is -0.445 e. The van der Waals surface area contributed by atoms with Crippen LogP contribution in [0.1, 0.15) is 32.3 Å². The lowest BCUT2D eigenvalue weighted by Gasteiger charge is -2.32. The minimum absolute atomic E-state index is 0.180. The molecule has 5 heteroatoms. The van der Waals surface area contributed by atoms with Crippen molar-refractivity contribution in [2.24, 2.45) is 5.92 Å². The highest BCUT2D eigenvalue weighted by Crippen LogP contribution is 2.10. The fraction of sp³-hybridized carbons (Fsp3) is 0.556. The Kier molecular flexibility index (Phi) is 6.59. The first-order valence-corrected chi connectivity index (χ1v) is 8.28. The van der Waals surface area contributed by atoms with Crippen molar-refractivity contribution in [3.8, 4) is 0 Å². The van der Waals surface area contributed by atoms with Crippen molar-refractivity contribution in [2.75, 3.05) is 19.6 Å². The molecule has 1 fully saturated rings. The average molecular weight is 318 g/mol. The molecule has 1 saturated heterocycles. The monoisotopic (exact) mass is 318 g/mol. The predicted octanol–water partition coefficient (Wildman–Crippen LogP) is 2.60. The number of benzene rings is 1. The first-order chi connectivity index (χ1) is 11.1. The van der Waals surface area contributed by atoms with Crippen molar-refractivity contribution in [3.63, 3.8) is 0 Å². The number of amides is 1. The van der Waals surface area contributed by atoms with Crippen LogP contribution in [0.5, 0.6) is 0 Å². The Labute approximate surface area is 138 Å². The first-order valence-electron chi connectivity index (χ1n) is 8.28. The van der Waals surface area contributed by atoms with E-state index in [1.165, 1.54) is 0 Å². The molecule has 1 aromatic carbocycles. The van der Waals surface area contributed by atoms with Gasteiger partial charge in [-0.05, 0) is 17.9 Å². The molecule has 0 spiro atoms. The summed E-state index contributed by atoms with van der Waals surface area (Å²) in [7, 11) is 0. The lowest BCUT2D eigenvalue weighted by atomic mass is 10.0. The van der Waals surface area contributed by atoms with Gasteiger partial charge in [0.2, 0.25) is 0 Å². The van der Waals surface area contributed by atoms with E-state index in [0.717, 1.165) is 12.0 Å². The molecule has 0 saturated carbocycles. The Morgan fingerprint density at radius 1 is 1.30 bits per heavy atom. The van der Waals surface area contributed by atoms with Gasteiger partial charge in [0.1, 0.15) is 6.61 Å². The van der Waals surface area contributed by atoms with E-state index in [2.05, 4.69) is 19.2 Å². The molecule has 0 aliphatic carbocycles. The summed E-state index contributed by atoms with van der Waals surface area (Å²) in [6, 6.07) is 9.32. The largest absolute Gasteiger partial charge is 0.445 e. The number of hydrogen-bond donors (Lipinski definition) is 1. The summed E-state index contributed by atoms with van der Waals surface area (Å²) in [5.41, 5.74) is 0.959. The molecule has 0 radical (unpaired) electrons. The second-order valence-corrected chi connectivity index (χ2v) is 6.39. The molecule has 1 N–H and O–H groups in total. The standard InChI is InChI=1S/C18H26N2O3/c1-14(2)8-9-17(21)16-12-20(11-10-19-16)18(22)23-13-15-6-4-3-5-7-15/h3-7,14,16,19H,8-13H2,1-2H3. The first kappa shape index (κ1) is 17.5. The van der Waals surface area contributed by atoms with Gasteiger partial charge < -0.3 is 15.0 Å². The number of piperazine rings is 1. The van der Waals surface area contributed by atoms with Gasteiger partial charge in [0, 0.05) is 26.1 Å². The van der Waals surface area contributed by atoms with Crippen molar-refractivity contribution in [1.29, 1.82) is 0 Å². The third kappa shape index (κ3) is 5.67. The van der Waals surface area contributed by atoms with Crippen LogP contribution < -0.4 is 5.32 Å². The van der Waals surface area contributed by atoms with Crippen LogP contribution in [-0.4, -0.2) is 42.5 Å². The Hall–Kier alpha value is -1.88. The smallest absolute Gasteiger partial charge is 0.410 e. The number of nitrogens with zero attached hydrogens (tertiary/aromatic N) is 1. The number of ether oxygens (including phenoxy) is 1. The van der Waals surface area contributed by atoms with Crippen LogP contribution in [-0.2, 0) is 16.1 Å². The molecule has 1 heterocycles. The number of ketones is 1. The summed E-state index contributed by atoms with van der Waals surface area (Å²) in [5, 5.41) is 3.20. The highest BCUT2D eigenvalue weighted by Gasteiger charge is 2.28. The lowest BCUT2D eigenvalue weighted by Crippen LogP contribution is -2.55. The number of nitrogens with one attached hydrogen (secondary N) is 1. The highest BCUT2D eigenvalue weighted by atomic mass is 16.6. The molecule has 1 unspecified atom stereocenters. The molecule has 23 heavy (non-hydrogen) atoms. The number of carbonyl (C=O) groups is 2. The van der Waals surface area contributed by atoms with Crippen molar-refractivity contribution in [1.82, 2.24) is 10.2 Å². The maximum absolute atomic E-state index is 12.2. The van der Waals surface area contributed by atoms with Gasteiger partial charge in [0.25, 0.3) is 0 Å². The van der Waals surface area contributed by atoms with Crippen molar-refractivity contribution < 1.29 is 14.3 Å². The molecule has 0 bridgehead atoms. The molecule has 1 aliphatic heterocycles. The lowest BCUT2D eigenvalue weighted by molar-refractivity contribution is -0.122. The summed E-state index contributed by atoms with van der Waals surface area (Å²) in [4.78, 5) is 26.0. The summed E-state index contributed by atoms with van der Waals surface area (Å²) in [6.45, 7) is 6.06. The minimum atomic E-state index is -0.350. The van der Waals surface area contributed by atoms with Gasteiger partial charge in [-0.3, -0.25) is 4.79 Å². The summed E-state index contributed by atoms with van der Waals surface area (Å²) < 4.78 is 5.34. The normalized spacial score (nSPS) is 18.0. The third-order valence-corrected chi connectivity index (χ3v) is 4.00. The van der Waals surface area contributed by atoms with E-state index in [4.69, 9.17) is 4.74 Å². The number of carbonyl (C=O) groups excluding carboxylic acids is 2. The molecule has 1 atom stereocenters. The van der Waals surface area contributed by atoms with Gasteiger partial charge in [0.15, 0.2) is 5.78 Å². The molecule has 2 rings (SSSR count). The molecular weight excluding hydrogens is 292 g/mol. The third-order valence-electron chi connectivity index (χ3n) is 4.00. The highest BCUT2D eigenvalue weighted by molar-refractivity contribution is 5.85. The fourth-order valence-electron chi connectivity index (χ4n) is 2.55. The molecule has 1 aromatic rings. The van der Waals surface area contributed by atoms with Crippen LogP contribution >= 0.6 is 0 Å². The molecule has 1 amide bonds. The summed E-state index contributed by atoms with van der Waals surface area (Å²) in [5.74, 6) is 0.689. The maximum atomic E-state index is 12.2. The van der Waals surface area contributed by atoms with Crippen molar-refractivity contribution in [2.45, 2.75) is 39.3 Å². The quantitative estimate of drug-likeness (QED) is 0.876. The topological polar surface area (TPSA) is 58.6 Å². The second-order valence-electron chi connectivity index (χ2n) is 6.39. The average Bonchev–Trinajstić information content (AvgIpc) is 2.58. The van der Waals surface area contributed by atoms with Gasteiger partial charge in [-0.2, -0.15) is 0 Å². The Balaban J connectivity index is 1.80. The van der Waals surface area contributed by atoms with Gasteiger partial charge in [-0.25, -0.2) is 4.79 Å². The van der Waals surface area contributed by atoms with Crippen LogP contribution in [0.4, 0.5) is 4.79 Å². The second kappa shape index (κ2) is 8.67. The zero-order valence-electron chi connectivity index (χ0n) is 14.0. The molecule has 1 aliphatic rings. The zero-order chi connectivity index (χ0) is 16.7. The van der Waals surface area contributed by atoms with Crippen LogP contribution in [0, 0.1) is 5.92 Å². The van der Waals surface area contributed by atoms with Gasteiger partial charge in [-0.15, -0.1) is 0 Å². The van der Waals surface area contributed by atoms with Gasteiger partial charge in [-0.1, -0.05) is 44.2 Å². The SMILES string of the molecule is CC(C)CCC(=O)C1CN(C(=O)OCc2ccccc2)CCN1. The summed E-state index contributed by atoms with van der Waals surface area (Å²) >= 11 is 0. The van der Waals surface area contributed by atoms with E-state index in [-0.39, 0.29) is 24.5 Å². The number of Topliss-reactive ketones (excluding diaryl/α,β-unsaturated/α-hetero) is 1. The van der Waals surface area contributed by atoms with Crippen LogP contribution in [0.15, 0.2) is 30.3 Å². The molecule has 0 aromatic heterocycles. The maximum Gasteiger partial charge on any atom is 0.410 e. The van der Waals surface area contributed by atoms with E-state index < -0.39 is 0 Å². The fourth-order valence-corrected chi connectivity index (χ4v) is 2.55. The Morgan fingerprint density at radius 2 is 2.04 bits per heavy atom. The van der Waals surface area contributed by atoms with Crippen LogP contribution in [0.2, 0.25) is 0 Å². The van der Waals surface area contributed by atoms with E-state index in [0.29, 0.717) is 32.0 Å². The number of hydrogen-bond acceptors (Lipinski definition) is 4. The summed E-state index contributed by atoms with van der Waals surface area (Å²) in [6.07, 6.45) is 1.09. The van der Waals surface area contributed by atoms with Gasteiger partial charge >= 0.3 is 6.09 Å². The van der Waals surface area contributed by atoms with Crippen molar-refractivity contribution >= 4 is 11.9 Å². The van der Waals surface area contributed by atoms with E-state index in [9.17, 15) is 9.59 Å². The van der Waals surface area contributed by atoms with Gasteiger partial charge in [0.05, 0.1) is 6.04 Å². The molecule has 126 valence electrons. The Morgan fingerprint density at radius 3 is 2.74 bits per heavy atom. The van der Waals surface area contributed by atoms with Crippen molar-refractivity contribution in [3.05, 3.63) is 35.9 Å². The van der Waals surface area contributed by atoms with E-state index in [1.807, 2.05) is 30.3 Å². The Bertz CT molecular complexity index is 516. The molecular formula is C18H26N2O3. The van der Waals surface area contributed by atoms with E-state index >= 15 is 0 Å². The van der Waals surface area contributed by atoms with Crippen LogP contribution in [0.3, 0.4) is 0 Å². The van der Waals surface area contributed by atoms with Crippen LogP contribution in [0.25, 0.3) is 0 Å². The van der Waals surface area contributed by atoms with E-state index in [1.54, 1.807) is 4.90 Å². The molecule has 5 nitrogen and oxygen atoms in total. The number of rotatable bonds is 6.